The van der Waals surface area contributed by atoms with E-state index in [0.29, 0.717) is 55.1 Å². The van der Waals surface area contributed by atoms with Crippen LogP contribution < -0.4 is 0 Å². The third-order valence-electron chi connectivity index (χ3n) is 13.6. The SMILES string of the molecule is CO[C@@H]1C[C@H](O[C@@H]2C(C)=CC[C@H]3C[C@@H](C[C@]4(CC[C@H](C)[C@@H](C5CCCCC5)O4)O3)OC(=O)[C@@H]3C=C(C)/C(=N/O)[C@H]4OCC(=CC=C[C@@H]2C)[C@@]43O)O[C@@H](C)[C@@H]1O. The number of ether oxygens (including phenoxy) is 7. The number of hydrogen-bond acceptors (Lipinski definition) is 12. The normalized spacial score (nSPS) is 45.4. The fraction of sp³-hybridized carbons (Fsp3) is 0.767. The first kappa shape index (κ1) is 40.8. The van der Waals surface area contributed by atoms with Crippen LogP contribution in [-0.4, -0.2) is 107 Å². The summed E-state index contributed by atoms with van der Waals surface area (Å²) in [5.74, 6) is -1.83. The first-order valence-corrected chi connectivity index (χ1v) is 20.7. The maximum absolute atomic E-state index is 14.4. The fourth-order valence-electron chi connectivity index (χ4n) is 10.4. The number of aliphatic hydroxyl groups is 2. The Bertz CT molecular complexity index is 1550. The van der Waals surface area contributed by atoms with E-state index in [1.54, 1.807) is 26.2 Å². The number of fused-ring (bicyclic) bond motifs is 2. The molecule has 0 aromatic heterocycles. The summed E-state index contributed by atoms with van der Waals surface area (Å²) in [7, 11) is 1.59. The zero-order chi connectivity index (χ0) is 39.1. The number of nitrogens with zero attached hydrogens (tertiary/aromatic N) is 1. The monoisotopic (exact) mass is 769 g/mol. The van der Waals surface area contributed by atoms with Gasteiger partial charge >= 0.3 is 5.97 Å². The molecule has 0 aromatic rings. The van der Waals surface area contributed by atoms with E-state index in [1.165, 1.54) is 19.3 Å². The van der Waals surface area contributed by atoms with Gasteiger partial charge in [0, 0.05) is 38.7 Å². The van der Waals surface area contributed by atoms with Crippen LogP contribution in [0.25, 0.3) is 0 Å². The summed E-state index contributed by atoms with van der Waals surface area (Å²) in [6.07, 6.45) is 14.4. The van der Waals surface area contributed by atoms with Crippen molar-refractivity contribution in [3.8, 4) is 0 Å². The van der Waals surface area contributed by atoms with Crippen molar-refractivity contribution in [2.24, 2.45) is 28.8 Å². The molecule has 5 fully saturated rings. The highest BCUT2D eigenvalue weighted by molar-refractivity contribution is 6.06. The van der Waals surface area contributed by atoms with E-state index in [4.69, 9.17) is 33.2 Å². The maximum atomic E-state index is 14.4. The van der Waals surface area contributed by atoms with Crippen LogP contribution in [0.15, 0.2) is 52.3 Å². The van der Waals surface area contributed by atoms with E-state index >= 15 is 0 Å². The molecule has 0 unspecified atom stereocenters. The van der Waals surface area contributed by atoms with E-state index in [-0.39, 0.29) is 30.4 Å². The van der Waals surface area contributed by atoms with Crippen molar-refractivity contribution in [2.45, 2.75) is 172 Å². The second-order valence-corrected chi connectivity index (χ2v) is 17.4. The summed E-state index contributed by atoms with van der Waals surface area (Å²) in [6, 6.07) is 0. The van der Waals surface area contributed by atoms with Crippen molar-refractivity contribution in [1.82, 2.24) is 0 Å². The second-order valence-electron chi connectivity index (χ2n) is 17.4. The summed E-state index contributed by atoms with van der Waals surface area (Å²) in [6.45, 7) is 10.0. The van der Waals surface area contributed by atoms with Crippen LogP contribution in [0, 0.1) is 23.7 Å². The van der Waals surface area contributed by atoms with Crippen LogP contribution in [0.1, 0.15) is 105 Å². The Morgan fingerprint density at radius 1 is 1.02 bits per heavy atom. The molecule has 12 nitrogen and oxygen atoms in total. The minimum Gasteiger partial charge on any atom is -0.462 e. The van der Waals surface area contributed by atoms with Gasteiger partial charge in [-0.05, 0) is 75.0 Å². The van der Waals surface area contributed by atoms with Crippen LogP contribution in [0.4, 0.5) is 0 Å². The van der Waals surface area contributed by atoms with Gasteiger partial charge in [-0.25, -0.2) is 0 Å². The summed E-state index contributed by atoms with van der Waals surface area (Å²) < 4.78 is 45.1. The molecule has 1 spiro atoms. The van der Waals surface area contributed by atoms with E-state index < -0.39 is 66.2 Å². The van der Waals surface area contributed by atoms with Gasteiger partial charge in [-0.15, -0.1) is 0 Å². The van der Waals surface area contributed by atoms with Gasteiger partial charge in [-0.1, -0.05) is 68.6 Å². The quantitative estimate of drug-likeness (QED) is 0.132. The molecule has 55 heavy (non-hydrogen) atoms. The predicted molar refractivity (Wildman–Crippen MR) is 203 cm³/mol. The van der Waals surface area contributed by atoms with Crippen LogP contribution in [0.3, 0.4) is 0 Å². The number of rotatable bonds is 4. The third kappa shape index (κ3) is 8.17. The van der Waals surface area contributed by atoms with Gasteiger partial charge in [0.2, 0.25) is 0 Å². The molecule has 12 heteroatoms. The molecule has 0 amide bonds. The van der Waals surface area contributed by atoms with Crippen molar-refractivity contribution >= 4 is 11.7 Å². The second kappa shape index (κ2) is 16.8. The Hall–Kier alpha value is -2.42. The number of oxime groups is 1. The number of carbonyl (C=O) groups excluding carboxylic acids is 1. The molecule has 2 bridgehead atoms. The molecule has 1 saturated carbocycles. The largest absolute Gasteiger partial charge is 0.462 e. The lowest BCUT2D eigenvalue weighted by Crippen LogP contribution is -2.57. The predicted octanol–water partition coefficient (Wildman–Crippen LogP) is 6.07. The summed E-state index contributed by atoms with van der Waals surface area (Å²) in [4.78, 5) is 14.4. The molecule has 306 valence electrons. The smallest absolute Gasteiger partial charge is 0.316 e. The Morgan fingerprint density at radius 3 is 2.55 bits per heavy atom. The number of aliphatic hydroxyl groups excluding tert-OH is 1. The van der Waals surface area contributed by atoms with Gasteiger partial charge in [0.25, 0.3) is 0 Å². The Morgan fingerprint density at radius 2 is 1.80 bits per heavy atom. The minimum absolute atomic E-state index is 0.0359. The topological polar surface area (TPSA) is 155 Å². The lowest BCUT2D eigenvalue weighted by Gasteiger charge is -2.51. The number of allylic oxidation sites excluding steroid dienone is 2. The van der Waals surface area contributed by atoms with Crippen molar-refractivity contribution in [1.29, 1.82) is 0 Å². The number of esters is 1. The average Bonchev–Trinajstić information content (AvgIpc) is 3.50. The molecule has 5 heterocycles. The molecule has 2 aliphatic carbocycles. The van der Waals surface area contributed by atoms with Gasteiger partial charge in [0.15, 0.2) is 12.1 Å². The Balaban J connectivity index is 1.25. The highest BCUT2D eigenvalue weighted by Gasteiger charge is 2.60. The first-order chi connectivity index (χ1) is 26.4. The van der Waals surface area contributed by atoms with E-state index in [9.17, 15) is 20.2 Å². The van der Waals surface area contributed by atoms with E-state index in [0.717, 1.165) is 24.8 Å². The van der Waals surface area contributed by atoms with Crippen molar-refractivity contribution in [3.63, 3.8) is 0 Å². The van der Waals surface area contributed by atoms with Gasteiger partial charge < -0.3 is 48.6 Å². The van der Waals surface area contributed by atoms with Gasteiger partial charge in [0.05, 0.1) is 37.1 Å². The molecule has 4 saturated heterocycles. The maximum Gasteiger partial charge on any atom is 0.316 e. The van der Waals surface area contributed by atoms with Gasteiger partial charge in [0.1, 0.15) is 35.5 Å². The summed E-state index contributed by atoms with van der Waals surface area (Å²) in [5.41, 5.74) is 0.362. The number of methoxy groups -OCH3 is 1. The minimum atomic E-state index is -1.83. The molecule has 7 aliphatic rings. The summed E-state index contributed by atoms with van der Waals surface area (Å²) in [5, 5.41) is 36.7. The molecule has 0 aromatic carbocycles. The standard InChI is InChI=1S/C43H63NO11/c1-24-11-10-14-30-23-50-40-36(44-48)27(4)19-33(43(30,40)47)41(46)52-32-20-31(16-15-25(2)38(24)53-35-21-34(49-6)37(45)28(5)51-35)54-42(22-32)18-17-26(3)39(55-42)29-12-8-7-9-13-29/h10-11,14-15,19,24,26,28-29,31-35,37-40,45,47-48H,7-9,12-13,16-18,20-23H2,1-6H3/b11-10?,25-15?,30-14?,44-36-/t24-,26-,28-,31-,32-,33-,34+,35-,37-,38-,39-,40+,42+,43-/m0/s1. The molecule has 5 aliphatic heterocycles. The lowest BCUT2D eigenvalue weighted by atomic mass is 9.71. The third-order valence-corrected chi connectivity index (χ3v) is 13.6. The van der Waals surface area contributed by atoms with Gasteiger partial charge in [-0.2, -0.15) is 0 Å². The summed E-state index contributed by atoms with van der Waals surface area (Å²) >= 11 is 0. The van der Waals surface area contributed by atoms with Crippen molar-refractivity contribution in [2.75, 3.05) is 13.7 Å². The number of carbonyl (C=O) groups is 1. The van der Waals surface area contributed by atoms with E-state index in [2.05, 4.69) is 32.0 Å². The zero-order valence-electron chi connectivity index (χ0n) is 33.4. The van der Waals surface area contributed by atoms with Crippen molar-refractivity contribution in [3.05, 3.63) is 47.1 Å². The van der Waals surface area contributed by atoms with Crippen LogP contribution in [0.5, 0.6) is 0 Å². The lowest BCUT2D eigenvalue weighted by molar-refractivity contribution is -0.342. The molecule has 7 rings (SSSR count). The zero-order valence-corrected chi connectivity index (χ0v) is 33.4. The van der Waals surface area contributed by atoms with E-state index in [1.807, 2.05) is 19.1 Å². The Labute approximate surface area is 325 Å². The molecule has 3 N–H and O–H groups in total. The molecular weight excluding hydrogens is 706 g/mol. The highest BCUT2D eigenvalue weighted by atomic mass is 16.7. The Kier molecular flexibility index (Phi) is 12.5. The van der Waals surface area contributed by atoms with Crippen molar-refractivity contribution < 1.29 is 53.4 Å². The molecular formula is C43H63NO11. The van der Waals surface area contributed by atoms with Gasteiger partial charge in [-0.3, -0.25) is 4.79 Å². The average molecular weight is 770 g/mol. The molecule has 0 radical (unpaired) electrons. The fourth-order valence-corrected chi connectivity index (χ4v) is 10.4. The van der Waals surface area contributed by atoms with Crippen LogP contribution in [0.2, 0.25) is 0 Å². The van der Waals surface area contributed by atoms with Crippen LogP contribution >= 0.6 is 0 Å². The van der Waals surface area contributed by atoms with Crippen LogP contribution in [-0.2, 0) is 38.0 Å². The highest BCUT2D eigenvalue weighted by Crippen LogP contribution is 2.48. The molecule has 14 atom stereocenters. The first-order valence-electron chi connectivity index (χ1n) is 20.7. The number of hydrogen-bond donors (Lipinski definition) is 3.